The number of carbonyl (C=O) groups is 1. The summed E-state index contributed by atoms with van der Waals surface area (Å²) in [6.45, 7) is 3.23. The summed E-state index contributed by atoms with van der Waals surface area (Å²) in [5.74, 6) is 0.247. The van der Waals surface area contributed by atoms with Crippen molar-refractivity contribution in [1.82, 2.24) is 10.2 Å². The molecule has 1 amide bonds. The molecule has 0 saturated carbocycles. The van der Waals surface area contributed by atoms with Crippen molar-refractivity contribution >= 4 is 11.6 Å². The Balaban J connectivity index is 1.70. The van der Waals surface area contributed by atoms with Crippen LogP contribution in [0.15, 0.2) is 30.3 Å². The second-order valence-electron chi connectivity index (χ2n) is 6.11. The highest BCUT2D eigenvalue weighted by atomic mass is 16.2. The van der Waals surface area contributed by atoms with E-state index in [4.69, 9.17) is 0 Å². The molecule has 114 valence electrons. The maximum atomic E-state index is 12.9. The van der Waals surface area contributed by atoms with Gasteiger partial charge in [0.05, 0.1) is 6.04 Å². The molecule has 2 saturated heterocycles. The molecular weight excluding hydrogens is 262 g/mol. The van der Waals surface area contributed by atoms with E-state index in [9.17, 15) is 4.79 Å². The standard InChI is InChI=1S/C17H25N3O/c1-19(14-6-3-2-4-7-14)17(21)16-8-5-13-20(16)15-9-11-18-12-10-15/h2-4,6-7,15-16,18H,5,8-13H2,1H3. The SMILES string of the molecule is CN(C(=O)C1CCCN1C1CCNCC1)c1ccccc1. The number of piperidine rings is 1. The molecule has 3 rings (SSSR count). The van der Waals surface area contributed by atoms with E-state index >= 15 is 0 Å². The van der Waals surface area contributed by atoms with Crippen LogP contribution in [-0.2, 0) is 4.79 Å². The van der Waals surface area contributed by atoms with Crippen molar-refractivity contribution in [2.75, 3.05) is 31.6 Å². The summed E-state index contributed by atoms with van der Waals surface area (Å²) in [5.41, 5.74) is 0.986. The van der Waals surface area contributed by atoms with Crippen molar-refractivity contribution in [3.05, 3.63) is 30.3 Å². The Morgan fingerprint density at radius 3 is 2.62 bits per heavy atom. The minimum Gasteiger partial charge on any atom is -0.317 e. The van der Waals surface area contributed by atoms with Crippen molar-refractivity contribution < 1.29 is 4.79 Å². The highest BCUT2D eigenvalue weighted by molar-refractivity contribution is 5.96. The zero-order valence-electron chi connectivity index (χ0n) is 12.8. The summed E-state index contributed by atoms with van der Waals surface area (Å²) < 4.78 is 0. The largest absolute Gasteiger partial charge is 0.317 e. The molecule has 1 atom stereocenters. The van der Waals surface area contributed by atoms with Crippen molar-refractivity contribution in [3.8, 4) is 0 Å². The monoisotopic (exact) mass is 287 g/mol. The van der Waals surface area contributed by atoms with E-state index in [1.807, 2.05) is 42.3 Å². The number of rotatable bonds is 3. The van der Waals surface area contributed by atoms with Gasteiger partial charge in [-0.2, -0.15) is 0 Å². The zero-order valence-corrected chi connectivity index (χ0v) is 12.8. The predicted octanol–water partition coefficient (Wildman–Crippen LogP) is 1.87. The number of likely N-dealkylation sites (tertiary alicyclic amines) is 1. The molecule has 0 spiro atoms. The van der Waals surface area contributed by atoms with Gasteiger partial charge in [-0.3, -0.25) is 9.69 Å². The molecule has 2 aliphatic rings. The summed E-state index contributed by atoms with van der Waals surface area (Å²) in [6.07, 6.45) is 4.47. The van der Waals surface area contributed by atoms with Crippen LogP contribution in [0, 0.1) is 0 Å². The van der Waals surface area contributed by atoms with Crippen LogP contribution in [0.3, 0.4) is 0 Å². The third-order valence-corrected chi connectivity index (χ3v) is 4.83. The van der Waals surface area contributed by atoms with E-state index in [2.05, 4.69) is 10.2 Å². The third-order valence-electron chi connectivity index (χ3n) is 4.83. The van der Waals surface area contributed by atoms with Crippen molar-refractivity contribution in [2.45, 2.75) is 37.8 Å². The zero-order chi connectivity index (χ0) is 14.7. The maximum absolute atomic E-state index is 12.9. The summed E-state index contributed by atoms with van der Waals surface area (Å²) in [6, 6.07) is 10.6. The summed E-state index contributed by atoms with van der Waals surface area (Å²) in [5, 5.41) is 3.41. The van der Waals surface area contributed by atoms with Gasteiger partial charge in [-0.15, -0.1) is 0 Å². The molecule has 1 aromatic rings. The number of likely N-dealkylation sites (N-methyl/N-ethyl adjacent to an activating group) is 1. The quantitative estimate of drug-likeness (QED) is 0.922. The van der Waals surface area contributed by atoms with Gasteiger partial charge in [0, 0.05) is 18.8 Å². The number of nitrogens with one attached hydrogen (secondary N) is 1. The first kappa shape index (κ1) is 14.5. The summed E-state index contributed by atoms with van der Waals surface area (Å²) >= 11 is 0. The first-order valence-electron chi connectivity index (χ1n) is 8.06. The molecule has 0 aliphatic carbocycles. The van der Waals surface area contributed by atoms with Gasteiger partial charge in [-0.25, -0.2) is 0 Å². The molecule has 0 aromatic heterocycles. The molecule has 1 N–H and O–H groups in total. The van der Waals surface area contributed by atoms with Crippen LogP contribution in [0.25, 0.3) is 0 Å². The lowest BCUT2D eigenvalue weighted by Gasteiger charge is -2.36. The molecule has 0 bridgehead atoms. The van der Waals surface area contributed by atoms with E-state index in [0.717, 1.165) is 38.2 Å². The first-order chi connectivity index (χ1) is 10.3. The Labute approximate surface area is 127 Å². The van der Waals surface area contributed by atoms with E-state index < -0.39 is 0 Å². The van der Waals surface area contributed by atoms with Crippen LogP contribution in [0.2, 0.25) is 0 Å². The topological polar surface area (TPSA) is 35.6 Å². The van der Waals surface area contributed by atoms with Crippen molar-refractivity contribution in [2.24, 2.45) is 0 Å². The normalized spacial score (nSPS) is 24.1. The molecule has 0 radical (unpaired) electrons. The van der Waals surface area contributed by atoms with Crippen LogP contribution in [-0.4, -0.2) is 49.6 Å². The number of nitrogens with zero attached hydrogens (tertiary/aromatic N) is 2. The van der Waals surface area contributed by atoms with E-state index in [-0.39, 0.29) is 11.9 Å². The Morgan fingerprint density at radius 2 is 1.90 bits per heavy atom. The van der Waals surface area contributed by atoms with E-state index in [1.54, 1.807) is 0 Å². The third kappa shape index (κ3) is 3.11. The molecule has 2 aliphatic heterocycles. The molecule has 2 heterocycles. The smallest absolute Gasteiger partial charge is 0.244 e. The van der Waals surface area contributed by atoms with Crippen LogP contribution in [0.1, 0.15) is 25.7 Å². The summed E-state index contributed by atoms with van der Waals surface area (Å²) in [7, 11) is 1.90. The van der Waals surface area contributed by atoms with Gasteiger partial charge in [0.2, 0.25) is 5.91 Å². The number of amides is 1. The fourth-order valence-corrected chi connectivity index (χ4v) is 3.63. The van der Waals surface area contributed by atoms with Gasteiger partial charge in [0.15, 0.2) is 0 Å². The fourth-order valence-electron chi connectivity index (χ4n) is 3.63. The van der Waals surface area contributed by atoms with Gasteiger partial charge in [-0.05, 0) is 57.5 Å². The van der Waals surface area contributed by atoms with E-state index in [1.165, 1.54) is 12.8 Å². The van der Waals surface area contributed by atoms with Gasteiger partial charge in [-0.1, -0.05) is 18.2 Å². The van der Waals surface area contributed by atoms with Crippen LogP contribution < -0.4 is 10.2 Å². The molecule has 4 nitrogen and oxygen atoms in total. The van der Waals surface area contributed by atoms with Gasteiger partial charge in [0.1, 0.15) is 0 Å². The van der Waals surface area contributed by atoms with Gasteiger partial charge >= 0.3 is 0 Å². The molecule has 4 heteroatoms. The number of hydrogen-bond acceptors (Lipinski definition) is 3. The molecule has 21 heavy (non-hydrogen) atoms. The second-order valence-corrected chi connectivity index (χ2v) is 6.11. The van der Waals surface area contributed by atoms with E-state index in [0.29, 0.717) is 6.04 Å². The Kier molecular flexibility index (Phi) is 4.56. The van der Waals surface area contributed by atoms with Crippen LogP contribution in [0.5, 0.6) is 0 Å². The summed E-state index contributed by atoms with van der Waals surface area (Å²) in [4.78, 5) is 17.2. The molecular formula is C17H25N3O. The lowest BCUT2D eigenvalue weighted by molar-refractivity contribution is -0.123. The minimum absolute atomic E-state index is 0.0679. The Hall–Kier alpha value is -1.39. The van der Waals surface area contributed by atoms with Gasteiger partial charge in [0.25, 0.3) is 0 Å². The number of hydrogen-bond donors (Lipinski definition) is 1. The number of para-hydroxylation sites is 1. The maximum Gasteiger partial charge on any atom is 0.244 e. The Bertz CT molecular complexity index is 470. The Morgan fingerprint density at radius 1 is 1.19 bits per heavy atom. The van der Waals surface area contributed by atoms with Crippen molar-refractivity contribution in [1.29, 1.82) is 0 Å². The number of carbonyl (C=O) groups excluding carboxylic acids is 1. The molecule has 2 fully saturated rings. The minimum atomic E-state index is 0.0679. The van der Waals surface area contributed by atoms with Crippen molar-refractivity contribution in [3.63, 3.8) is 0 Å². The first-order valence-corrected chi connectivity index (χ1v) is 8.06. The highest BCUT2D eigenvalue weighted by Gasteiger charge is 2.37. The highest BCUT2D eigenvalue weighted by Crippen LogP contribution is 2.26. The van der Waals surface area contributed by atoms with Crippen LogP contribution in [0.4, 0.5) is 5.69 Å². The average molecular weight is 287 g/mol. The lowest BCUT2D eigenvalue weighted by atomic mass is 10.0. The van der Waals surface area contributed by atoms with Gasteiger partial charge < -0.3 is 10.2 Å². The molecule has 1 aromatic carbocycles. The fraction of sp³-hybridized carbons (Fsp3) is 0.588. The predicted molar refractivity (Wildman–Crippen MR) is 85.5 cm³/mol. The second kappa shape index (κ2) is 6.58. The average Bonchev–Trinajstić information content (AvgIpc) is 3.04. The number of anilines is 1. The molecule has 1 unspecified atom stereocenters. The lowest BCUT2D eigenvalue weighted by Crippen LogP contribution is -2.51. The number of benzene rings is 1. The van der Waals surface area contributed by atoms with Crippen LogP contribution >= 0.6 is 0 Å².